The quantitative estimate of drug-likeness (QED) is 0.232. The number of piperidine rings is 3. The highest BCUT2D eigenvalue weighted by Crippen LogP contribution is 2.63. The van der Waals surface area contributed by atoms with Gasteiger partial charge in [-0.15, -0.1) is 0 Å². The lowest BCUT2D eigenvalue weighted by atomic mass is 9.54. The second-order valence-electron chi connectivity index (χ2n) is 65.2. The third-order valence-electron chi connectivity index (χ3n) is 31.0. The molecule has 16 saturated heterocycles. The molecule has 17 unspecified atom stereocenters. The molecular weight excluding hydrogens is 1740 g/mol. The highest BCUT2D eigenvalue weighted by Gasteiger charge is 2.56. The summed E-state index contributed by atoms with van der Waals surface area (Å²) in [6.45, 7) is 101. The topological polar surface area (TPSA) is 79.5 Å². The first-order valence-electron chi connectivity index (χ1n) is 61.0. The number of nitrogens with zero attached hydrogens (tertiary/aromatic N) is 2. The van der Waals surface area contributed by atoms with Crippen LogP contribution in [0.3, 0.4) is 0 Å². The molecule has 141 heavy (non-hydrogen) atoms. The Morgan fingerprint density at radius 2 is 0.879 bits per heavy atom. The van der Waals surface area contributed by atoms with Crippen LogP contribution in [0.1, 0.15) is 572 Å². The van der Waals surface area contributed by atoms with E-state index in [2.05, 4.69) is 339 Å². The minimum Gasteiger partial charge on any atom is -0.377 e. The monoisotopic (exact) mass is 1990 g/mol. The maximum absolute atomic E-state index is 6.06. The van der Waals surface area contributed by atoms with Crippen LogP contribution in [-0.4, -0.2) is 145 Å². The van der Waals surface area contributed by atoms with E-state index in [1.54, 1.807) is 32.1 Å². The maximum atomic E-state index is 6.06. The number of rotatable bonds is 5. The van der Waals surface area contributed by atoms with Gasteiger partial charge in [-0.3, -0.25) is 4.90 Å². The van der Waals surface area contributed by atoms with Crippen molar-refractivity contribution in [1.82, 2.24) is 25.8 Å². The Kier molecular flexibility index (Phi) is 56.1. The van der Waals surface area contributed by atoms with Gasteiger partial charge < -0.3 is 39.8 Å². The summed E-state index contributed by atoms with van der Waals surface area (Å²) in [7, 11) is 0. The first-order valence-corrected chi connectivity index (χ1v) is 62.0. The van der Waals surface area contributed by atoms with E-state index in [1.165, 1.54) is 309 Å². The van der Waals surface area contributed by atoms with Crippen LogP contribution in [0.5, 0.6) is 0 Å². The summed E-state index contributed by atoms with van der Waals surface area (Å²) in [5, 5.41) is 12.6. The Labute approximate surface area is 889 Å². The van der Waals surface area contributed by atoms with Gasteiger partial charge in [0.1, 0.15) is 0 Å². The predicted octanol–water partition coefficient (Wildman–Crippen LogP) is 37.8. The number of thioether (sulfide) groups is 1. The van der Waals surface area contributed by atoms with Crippen molar-refractivity contribution in [1.29, 1.82) is 0 Å². The van der Waals surface area contributed by atoms with Gasteiger partial charge in [-0.25, -0.2) is 0 Å². The average molecular weight is 2000 g/mol. The molecule has 10 heteroatoms. The van der Waals surface area contributed by atoms with Crippen molar-refractivity contribution >= 4 is 11.8 Å². The van der Waals surface area contributed by atoms with Crippen LogP contribution < -0.4 is 16.0 Å². The SMILES string of the molecule is C1=CC2CNCC(C1)C2.C1=CCOCCCC1.C1CC2CCC(C1)O2.C1CC2CNC2C1.C1CCC2(C1)CCCN2.C1CCC2CC(C1)O2.C1CCC2CCCN2CC1.CC(C)(C)C.CC(C)(C)C.CC(C)(C)C.CC(C)(C)C.CC(C)(C)C.CC(C)(C)C.CC(C)(C)C.CC(C)(C)CC12CC3CC(C1)OC(C3)C2.CC(C)(C)CCC12CC3CC(C1)SC(C3)C2.CC1C(CCC(C)(C)C)CC2CN1C2(C)C. The molecule has 3 N–H and O–H groups in total. The molecule has 8 aliphatic carbocycles. The van der Waals surface area contributed by atoms with Crippen molar-refractivity contribution in [2.75, 3.05) is 59.0 Å². The molecule has 9 nitrogen and oxygen atoms in total. The van der Waals surface area contributed by atoms with Gasteiger partial charge in [0.15, 0.2) is 0 Å². The lowest BCUT2D eigenvalue weighted by molar-refractivity contribution is -0.197. The van der Waals surface area contributed by atoms with Crippen LogP contribution in [0.15, 0.2) is 24.3 Å². The van der Waals surface area contributed by atoms with Crippen molar-refractivity contribution in [3.63, 3.8) is 0 Å². The van der Waals surface area contributed by atoms with E-state index in [9.17, 15) is 0 Å². The van der Waals surface area contributed by atoms with E-state index >= 15 is 0 Å². The fraction of sp³-hybridized carbons (Fsp3) is 0.969. The minimum absolute atomic E-state index is 0.492. The van der Waals surface area contributed by atoms with E-state index in [4.69, 9.17) is 18.9 Å². The normalized spacial score (nSPS) is 34.0. The molecule has 834 valence electrons. The summed E-state index contributed by atoms with van der Waals surface area (Å²) in [6, 6.07) is 2.74. The zero-order valence-corrected chi connectivity index (χ0v) is 104. The van der Waals surface area contributed by atoms with Crippen LogP contribution >= 0.6 is 11.8 Å². The second kappa shape index (κ2) is 60.4. The number of nitrogens with one attached hydrogen (secondary N) is 3. The summed E-state index contributed by atoms with van der Waals surface area (Å²) >= 11 is 2.34. The summed E-state index contributed by atoms with van der Waals surface area (Å²) in [5.74, 6) is 6.92. The van der Waals surface area contributed by atoms with Crippen LogP contribution in [0, 0.1) is 106 Å². The van der Waals surface area contributed by atoms with Gasteiger partial charge in [0, 0.05) is 59.4 Å². The molecule has 16 bridgehead atoms. The van der Waals surface area contributed by atoms with Crippen molar-refractivity contribution in [3.05, 3.63) is 24.3 Å². The molecule has 0 radical (unpaired) electrons. The number of fused-ring (bicyclic) bond motifs is 11. The molecule has 25 aliphatic rings. The third-order valence-corrected chi connectivity index (χ3v) is 32.5. The van der Waals surface area contributed by atoms with Crippen molar-refractivity contribution < 1.29 is 18.9 Å². The van der Waals surface area contributed by atoms with Gasteiger partial charge in [-0.2, -0.15) is 11.8 Å². The van der Waals surface area contributed by atoms with Gasteiger partial charge in [-0.1, -0.05) is 325 Å². The van der Waals surface area contributed by atoms with E-state index < -0.39 is 0 Å². The molecule has 0 amide bonds. The number of allylic oxidation sites excluding steroid dienone is 2. The molecule has 25 rings (SSSR count). The molecule has 17 heterocycles. The third kappa shape index (κ3) is 62.4. The molecule has 23 fully saturated rings. The van der Waals surface area contributed by atoms with Gasteiger partial charge in [0.05, 0.1) is 43.2 Å². The highest BCUT2D eigenvalue weighted by molar-refractivity contribution is 8.00. The zero-order chi connectivity index (χ0) is 106. The van der Waals surface area contributed by atoms with E-state index in [-0.39, 0.29) is 0 Å². The van der Waals surface area contributed by atoms with Crippen molar-refractivity contribution in [3.8, 4) is 0 Å². The number of hydrogen-bond acceptors (Lipinski definition) is 10. The highest BCUT2D eigenvalue weighted by atomic mass is 32.2. The van der Waals surface area contributed by atoms with E-state index in [0.29, 0.717) is 107 Å². The summed E-state index contributed by atoms with van der Waals surface area (Å²) < 4.78 is 22.3. The predicted molar refractivity (Wildman–Crippen MR) is 627 cm³/mol. The van der Waals surface area contributed by atoms with Gasteiger partial charge in [0.25, 0.3) is 0 Å². The number of hydrogen-bond donors (Lipinski definition) is 3. The Hall–Kier alpha value is -0.530. The van der Waals surface area contributed by atoms with Crippen LogP contribution in [0.2, 0.25) is 0 Å². The largest absolute Gasteiger partial charge is 0.377 e. The first-order chi connectivity index (χ1) is 64.8. The van der Waals surface area contributed by atoms with Crippen molar-refractivity contribution in [2.24, 2.45) is 106 Å². The van der Waals surface area contributed by atoms with E-state index in [0.717, 1.165) is 88.7 Å². The summed E-state index contributed by atoms with van der Waals surface area (Å²) in [5.41, 5.74) is 7.62. The first kappa shape index (κ1) is 131. The lowest BCUT2D eigenvalue weighted by Crippen LogP contribution is -2.71. The Balaban J connectivity index is 0.000000269. The van der Waals surface area contributed by atoms with Crippen molar-refractivity contribution in [2.45, 2.75) is 649 Å². The molecule has 0 aromatic rings. The van der Waals surface area contributed by atoms with E-state index in [1.807, 2.05) is 0 Å². The number of ether oxygens (including phenoxy) is 4. The zero-order valence-electron chi connectivity index (χ0n) is 103. The molecule has 17 atom stereocenters. The molecule has 7 saturated carbocycles. The van der Waals surface area contributed by atoms with Crippen LogP contribution in [0.25, 0.3) is 0 Å². The smallest absolute Gasteiger partial charge is 0.0647 e. The molecular formula is C131H255N5O4S. The minimum atomic E-state index is 0.492. The standard InChI is InChI=1S/C15H29N.C15H26S.C14H24O.C9H17N.C8H15N.C8H13N.3C7H12O.C6H11N.7C5H12/c1-11-12(7-8-14(2,3)4)9-13-10-16(11)15(13,5)6;1-14(2,3)4-5-15-8-11-6-12(9-15)16-13(7-11)10-15;1-13(2,3)9-14-6-10-4-11(7-14)15-12(5-10)8-14;1-2-5-9-6-4-8-10(9)7-3-1;1-2-5-8(4-1)6-3-7-9-8;1-2-7-4-8(3-1)6-9-5-7;1-2-6-4-5-7(3-1)8-6;1-2-4-7-5-6(3-1)8-7;1-2-4-6-8-7-5-3-1;1-2-5-4-7-6(5)3-1;7*1-5(2,3)4/h11-13H,7-10H2,1-6H3;11-13H,4-10H2,1-3H3;10-12H,4-9H2,1-3H3;9H,1-8H2;9H,1-7H2;1-2,7-9H,3-6H2;2*6-7H,1-5H2;2,4H,1,3,5-7H2;5-7H,1-4H2;7*1-4H3. The molecule has 1 spiro atoms. The summed E-state index contributed by atoms with van der Waals surface area (Å²) in [4.78, 5) is 5.43. The fourth-order valence-electron chi connectivity index (χ4n) is 25.5. The average Bonchev–Trinajstić information content (AvgIpc) is 1.35. The fourth-order valence-corrected chi connectivity index (χ4v) is 27.7. The molecule has 0 aromatic carbocycles. The van der Waals surface area contributed by atoms with Crippen LogP contribution in [0.4, 0.5) is 0 Å². The van der Waals surface area contributed by atoms with Crippen LogP contribution in [-0.2, 0) is 18.9 Å². The van der Waals surface area contributed by atoms with Gasteiger partial charge >= 0.3 is 0 Å². The molecule has 0 aromatic heterocycles. The Bertz CT molecular complexity index is 2990. The van der Waals surface area contributed by atoms with Gasteiger partial charge in [-0.05, 0) is 410 Å². The molecule has 17 aliphatic heterocycles. The Morgan fingerprint density at radius 1 is 0.397 bits per heavy atom. The second-order valence-corrected chi connectivity index (χ2v) is 66.8. The summed E-state index contributed by atoms with van der Waals surface area (Å²) in [6.07, 6.45) is 78.3. The lowest BCUT2D eigenvalue weighted by Gasteiger charge is -2.65. The maximum Gasteiger partial charge on any atom is 0.0647 e. The van der Waals surface area contributed by atoms with Gasteiger partial charge in [0.2, 0.25) is 0 Å². The Morgan fingerprint density at radius 3 is 1.32 bits per heavy atom.